The van der Waals surface area contributed by atoms with Gasteiger partial charge in [0.05, 0.1) is 24.2 Å². The van der Waals surface area contributed by atoms with Crippen molar-refractivity contribution in [1.29, 1.82) is 0 Å². The van der Waals surface area contributed by atoms with Gasteiger partial charge in [-0.15, -0.1) is 0 Å². The number of rotatable bonds is 9. The fourth-order valence-corrected chi connectivity index (χ4v) is 6.54. The lowest BCUT2D eigenvalue weighted by Gasteiger charge is -2.41. The van der Waals surface area contributed by atoms with Gasteiger partial charge >= 0.3 is 18.2 Å². The molecule has 2 N–H and O–H groups in total. The molecule has 3 aromatic heterocycles. The molecule has 1 aromatic carbocycles. The third-order valence-corrected chi connectivity index (χ3v) is 8.61. The van der Waals surface area contributed by atoms with Crippen molar-refractivity contribution in [3.05, 3.63) is 71.7 Å². The molecule has 1 aliphatic rings. The summed E-state index contributed by atoms with van der Waals surface area (Å²) >= 11 is 0. The number of aliphatic hydroxyl groups is 1. The first kappa shape index (κ1) is 35.8. The van der Waals surface area contributed by atoms with Crippen LogP contribution >= 0.6 is 0 Å². The van der Waals surface area contributed by atoms with Gasteiger partial charge in [0, 0.05) is 60.0 Å². The standard InChI is InChI=1S/C36H41F3N4O6/c1-34(2,3)49-33(46)42-25(32(45)48-7)17-21-10-8-12-24(41-21)20-13-14-26-23(16-20)27-28(35(4,5)19-44)31(47-6)29-22(11-9-15-40-29)30(27)43(26)18-36(37,38)39/h8-16,25,28,31,44H,17-19H2,1-7H3,(H,42,46)/t25-,28?,31-/m0/s1. The van der Waals surface area contributed by atoms with Gasteiger partial charge in [0.2, 0.25) is 0 Å². The van der Waals surface area contributed by atoms with Crippen molar-refractivity contribution in [3.63, 3.8) is 0 Å². The predicted octanol–water partition coefficient (Wildman–Crippen LogP) is 6.74. The Morgan fingerprint density at radius 1 is 1.04 bits per heavy atom. The van der Waals surface area contributed by atoms with Gasteiger partial charge in [-0.05, 0) is 68.1 Å². The van der Waals surface area contributed by atoms with E-state index in [-0.39, 0.29) is 13.0 Å². The molecule has 0 saturated carbocycles. The molecule has 1 aliphatic carbocycles. The smallest absolute Gasteiger partial charge is 0.408 e. The number of esters is 1. The number of pyridine rings is 2. The Morgan fingerprint density at radius 2 is 1.78 bits per heavy atom. The number of ether oxygens (including phenoxy) is 3. The number of halogens is 3. The zero-order chi connectivity index (χ0) is 35.9. The molecule has 13 heteroatoms. The molecule has 0 bridgehead atoms. The van der Waals surface area contributed by atoms with Gasteiger partial charge in [-0.1, -0.05) is 26.0 Å². The zero-order valence-corrected chi connectivity index (χ0v) is 28.5. The van der Waals surface area contributed by atoms with Crippen molar-refractivity contribution in [2.24, 2.45) is 5.41 Å². The first-order valence-electron chi connectivity index (χ1n) is 15.8. The van der Waals surface area contributed by atoms with E-state index in [0.29, 0.717) is 50.4 Å². The molecular formula is C36H41F3N4O6. The normalized spacial score (nSPS) is 16.9. The van der Waals surface area contributed by atoms with E-state index < -0.39 is 53.9 Å². The number of hydrogen-bond donors (Lipinski definition) is 2. The highest BCUT2D eigenvalue weighted by Gasteiger charge is 2.47. The topological polar surface area (TPSA) is 125 Å². The third kappa shape index (κ3) is 7.42. The lowest BCUT2D eigenvalue weighted by molar-refractivity contribution is -0.143. The van der Waals surface area contributed by atoms with Gasteiger partial charge in [0.15, 0.2) is 0 Å². The Labute approximate surface area is 282 Å². The summed E-state index contributed by atoms with van der Waals surface area (Å²) < 4.78 is 60.1. The Kier molecular flexibility index (Phi) is 9.82. The van der Waals surface area contributed by atoms with Gasteiger partial charge in [0.1, 0.15) is 24.3 Å². The number of amides is 1. The Bertz CT molecular complexity index is 1860. The molecule has 0 radical (unpaired) electrons. The molecule has 1 amide bonds. The maximum absolute atomic E-state index is 14.2. The second-order valence-corrected chi connectivity index (χ2v) is 13.9. The zero-order valence-electron chi connectivity index (χ0n) is 28.5. The lowest BCUT2D eigenvalue weighted by Crippen LogP contribution is -2.45. The summed E-state index contributed by atoms with van der Waals surface area (Å²) in [5.41, 5.74) is 2.36. The van der Waals surface area contributed by atoms with Crippen molar-refractivity contribution >= 4 is 23.0 Å². The van der Waals surface area contributed by atoms with Crippen LogP contribution in [0.1, 0.15) is 63.6 Å². The lowest BCUT2D eigenvalue weighted by atomic mass is 9.67. The van der Waals surface area contributed by atoms with Crippen LogP contribution in [0.4, 0.5) is 18.0 Å². The van der Waals surface area contributed by atoms with E-state index in [1.54, 1.807) is 75.5 Å². The van der Waals surface area contributed by atoms with E-state index in [9.17, 15) is 27.9 Å². The molecule has 0 spiro atoms. The first-order chi connectivity index (χ1) is 23.0. The molecule has 49 heavy (non-hydrogen) atoms. The van der Waals surface area contributed by atoms with Crippen molar-refractivity contribution in [3.8, 4) is 22.5 Å². The van der Waals surface area contributed by atoms with Crippen molar-refractivity contribution in [1.82, 2.24) is 19.9 Å². The summed E-state index contributed by atoms with van der Waals surface area (Å²) in [6, 6.07) is 12.7. The quantitative estimate of drug-likeness (QED) is 0.186. The molecule has 4 aromatic rings. The fourth-order valence-electron chi connectivity index (χ4n) is 6.54. The fraction of sp³-hybridized carbons (Fsp3) is 0.444. The molecule has 0 fully saturated rings. The van der Waals surface area contributed by atoms with Crippen LogP contribution in [0.25, 0.3) is 33.4 Å². The summed E-state index contributed by atoms with van der Waals surface area (Å²) in [4.78, 5) is 34.4. The number of carbonyl (C=O) groups excluding carboxylic acids is 2. The summed E-state index contributed by atoms with van der Waals surface area (Å²) in [7, 11) is 2.74. The van der Waals surface area contributed by atoms with Crippen LogP contribution in [0.5, 0.6) is 0 Å². The highest BCUT2D eigenvalue weighted by Crippen LogP contribution is 2.57. The second kappa shape index (κ2) is 13.4. The van der Waals surface area contributed by atoms with E-state index in [1.807, 2.05) is 13.8 Å². The number of aliphatic hydroxyl groups excluding tert-OH is 1. The molecule has 0 saturated heterocycles. The number of alkyl halides is 3. The third-order valence-electron chi connectivity index (χ3n) is 8.61. The minimum absolute atomic E-state index is 0.00851. The highest BCUT2D eigenvalue weighted by atomic mass is 19.4. The largest absolute Gasteiger partial charge is 0.467 e. The summed E-state index contributed by atoms with van der Waals surface area (Å²) in [6.45, 7) is 7.33. The Morgan fingerprint density at radius 3 is 2.41 bits per heavy atom. The number of alkyl carbamates (subject to hydrolysis) is 1. The monoisotopic (exact) mass is 682 g/mol. The van der Waals surface area contributed by atoms with E-state index in [1.165, 1.54) is 18.8 Å². The number of fused-ring (bicyclic) bond motifs is 5. The molecule has 262 valence electrons. The average molecular weight is 683 g/mol. The van der Waals surface area contributed by atoms with Crippen LogP contribution in [-0.4, -0.2) is 70.3 Å². The van der Waals surface area contributed by atoms with E-state index in [2.05, 4.69) is 10.3 Å². The van der Waals surface area contributed by atoms with Gasteiger partial charge < -0.3 is 29.2 Å². The minimum atomic E-state index is -4.53. The molecule has 5 rings (SSSR count). The van der Waals surface area contributed by atoms with E-state index in [4.69, 9.17) is 19.2 Å². The Balaban J connectivity index is 1.66. The molecule has 3 atom stereocenters. The maximum Gasteiger partial charge on any atom is 0.408 e. The number of carbonyl (C=O) groups is 2. The number of hydrogen-bond acceptors (Lipinski definition) is 8. The molecule has 1 unspecified atom stereocenters. The number of methoxy groups -OCH3 is 2. The summed E-state index contributed by atoms with van der Waals surface area (Å²) in [5.74, 6) is -1.25. The number of nitrogens with zero attached hydrogens (tertiary/aromatic N) is 3. The van der Waals surface area contributed by atoms with Gasteiger partial charge in [0.25, 0.3) is 0 Å². The molecule has 10 nitrogen and oxygen atoms in total. The molecule has 0 aliphatic heterocycles. The number of benzene rings is 1. The van der Waals surface area contributed by atoms with Gasteiger partial charge in [-0.25, -0.2) is 9.59 Å². The van der Waals surface area contributed by atoms with Crippen LogP contribution in [0.3, 0.4) is 0 Å². The summed E-state index contributed by atoms with van der Waals surface area (Å²) in [5, 5.41) is 13.7. The van der Waals surface area contributed by atoms with Crippen LogP contribution in [0.15, 0.2) is 54.7 Å². The van der Waals surface area contributed by atoms with Crippen LogP contribution < -0.4 is 5.32 Å². The maximum atomic E-state index is 14.2. The van der Waals surface area contributed by atoms with Crippen LogP contribution in [0, 0.1) is 5.41 Å². The van der Waals surface area contributed by atoms with E-state index in [0.717, 1.165) is 0 Å². The first-order valence-corrected chi connectivity index (χ1v) is 15.8. The molecular weight excluding hydrogens is 641 g/mol. The number of aromatic nitrogens is 3. The SMILES string of the molecule is COC(=O)[C@H](Cc1cccc(-c2ccc3c(c2)c2c(n3CC(F)(F)F)-c3cccnc3[C@@H](OC)C2C(C)(C)CO)n1)NC(=O)OC(C)(C)C. The predicted molar refractivity (Wildman–Crippen MR) is 177 cm³/mol. The summed E-state index contributed by atoms with van der Waals surface area (Å²) in [6.07, 6.45) is -4.39. The van der Waals surface area contributed by atoms with Gasteiger partial charge in [-0.3, -0.25) is 9.97 Å². The number of nitrogens with one attached hydrogen (secondary N) is 1. The van der Waals surface area contributed by atoms with Crippen molar-refractivity contribution in [2.45, 2.75) is 77.4 Å². The second-order valence-electron chi connectivity index (χ2n) is 13.9. The minimum Gasteiger partial charge on any atom is -0.467 e. The van der Waals surface area contributed by atoms with E-state index >= 15 is 0 Å². The van der Waals surface area contributed by atoms with Crippen LogP contribution in [0.2, 0.25) is 0 Å². The average Bonchev–Trinajstić information content (AvgIpc) is 3.34. The highest BCUT2D eigenvalue weighted by molar-refractivity contribution is 5.96. The van der Waals surface area contributed by atoms with Gasteiger partial charge in [-0.2, -0.15) is 13.2 Å². The molecule has 3 heterocycles. The van der Waals surface area contributed by atoms with Crippen LogP contribution in [-0.2, 0) is 32.0 Å². The van der Waals surface area contributed by atoms with Crippen molar-refractivity contribution < 1.29 is 42.1 Å². The Hall–Kier alpha value is -4.49. The van der Waals surface area contributed by atoms with Crippen molar-refractivity contribution in [2.75, 3.05) is 20.8 Å².